The molecule has 10 nitrogen and oxygen atoms in total. The molecule has 3 rings (SSSR count). The Balaban J connectivity index is 2.01. The summed E-state index contributed by atoms with van der Waals surface area (Å²) < 4.78 is 63.2. The number of rotatable bonds is 6. The summed E-state index contributed by atoms with van der Waals surface area (Å²) in [6, 6.07) is 3.92. The van der Waals surface area contributed by atoms with Gasteiger partial charge in [-0.25, -0.2) is 21.8 Å². The molecule has 1 aliphatic heterocycles. The van der Waals surface area contributed by atoms with Crippen molar-refractivity contribution in [3.8, 4) is 5.75 Å². The van der Waals surface area contributed by atoms with Crippen molar-refractivity contribution in [3.63, 3.8) is 0 Å². The van der Waals surface area contributed by atoms with Gasteiger partial charge in [-0.1, -0.05) is 22.9 Å². The largest absolute Gasteiger partial charge is 0.487 e. The Kier molecular flexibility index (Phi) is 7.37. The molecule has 1 aromatic carbocycles. The lowest BCUT2D eigenvalue weighted by molar-refractivity contribution is 0.0903. The van der Waals surface area contributed by atoms with Crippen LogP contribution in [0.4, 0.5) is 0 Å². The predicted octanol–water partition coefficient (Wildman–Crippen LogP) is 1.27. The van der Waals surface area contributed by atoms with Gasteiger partial charge < -0.3 is 14.4 Å². The van der Waals surface area contributed by atoms with E-state index in [4.69, 9.17) is 4.74 Å². The minimum Gasteiger partial charge on any atom is -0.487 e. The van der Waals surface area contributed by atoms with E-state index in [0.717, 1.165) is 4.31 Å². The van der Waals surface area contributed by atoms with Crippen LogP contribution in [0.5, 0.6) is 5.75 Å². The number of fused-ring (bicyclic) bond motifs is 1. The van der Waals surface area contributed by atoms with E-state index in [9.17, 15) is 21.9 Å². The molecule has 0 aliphatic carbocycles. The van der Waals surface area contributed by atoms with Crippen LogP contribution in [-0.2, 0) is 27.1 Å². The van der Waals surface area contributed by atoms with E-state index in [0.29, 0.717) is 4.47 Å². The van der Waals surface area contributed by atoms with E-state index in [2.05, 4.69) is 20.9 Å². The first-order valence-electron chi connectivity index (χ1n) is 9.91. The molecule has 0 bridgehead atoms. The van der Waals surface area contributed by atoms with E-state index in [1.165, 1.54) is 29.9 Å². The molecule has 2 aromatic rings. The zero-order chi connectivity index (χ0) is 23.8. The van der Waals surface area contributed by atoms with Crippen LogP contribution in [0.1, 0.15) is 13.8 Å². The van der Waals surface area contributed by atoms with Crippen LogP contribution in [-0.4, -0.2) is 79.0 Å². The highest BCUT2D eigenvalue weighted by Crippen LogP contribution is 2.35. The maximum Gasteiger partial charge on any atom is 0.261 e. The Morgan fingerprint density at radius 1 is 1.41 bits per heavy atom. The molecule has 1 aliphatic rings. The SMILES string of the molecule is C[C@H](CO)N1C[C@H](C)[C@@H](CN(C)S(=O)(=O)c2cn(C)cn2)Oc2cc(Br)ccc2S1(=O)=O. The molecule has 0 saturated carbocycles. The summed E-state index contributed by atoms with van der Waals surface area (Å²) in [7, 11) is -4.69. The molecule has 32 heavy (non-hydrogen) atoms. The number of likely N-dealkylation sites (N-methyl/N-ethyl adjacent to an activating group) is 1. The lowest BCUT2D eigenvalue weighted by Crippen LogP contribution is -2.50. The smallest absolute Gasteiger partial charge is 0.261 e. The Bertz CT molecular complexity index is 1180. The number of nitrogens with zero attached hydrogens (tertiary/aromatic N) is 4. The van der Waals surface area contributed by atoms with E-state index in [1.54, 1.807) is 37.6 Å². The molecule has 1 aromatic heterocycles. The Hall–Kier alpha value is -1.51. The molecule has 0 unspecified atom stereocenters. The molecule has 0 spiro atoms. The zero-order valence-electron chi connectivity index (χ0n) is 18.2. The first-order chi connectivity index (χ1) is 14.9. The second kappa shape index (κ2) is 9.39. The Morgan fingerprint density at radius 3 is 2.69 bits per heavy atom. The second-order valence-corrected chi connectivity index (χ2v) is 12.8. The molecule has 0 saturated heterocycles. The third-order valence-electron chi connectivity index (χ3n) is 5.42. The molecule has 13 heteroatoms. The van der Waals surface area contributed by atoms with Crippen LogP contribution >= 0.6 is 15.9 Å². The number of hydrogen-bond donors (Lipinski definition) is 1. The summed E-state index contributed by atoms with van der Waals surface area (Å²) in [5, 5.41) is 9.58. The molecule has 2 heterocycles. The number of aliphatic hydroxyl groups is 1. The van der Waals surface area contributed by atoms with Gasteiger partial charge in [0.15, 0.2) is 5.03 Å². The van der Waals surface area contributed by atoms with Crippen LogP contribution in [0.15, 0.2) is 45.1 Å². The summed E-state index contributed by atoms with van der Waals surface area (Å²) in [6.45, 7) is 3.10. The van der Waals surface area contributed by atoms with Gasteiger partial charge in [0.25, 0.3) is 10.0 Å². The van der Waals surface area contributed by atoms with Crippen molar-refractivity contribution in [2.24, 2.45) is 13.0 Å². The van der Waals surface area contributed by atoms with E-state index >= 15 is 0 Å². The van der Waals surface area contributed by atoms with Crippen molar-refractivity contribution >= 4 is 36.0 Å². The summed E-state index contributed by atoms with van der Waals surface area (Å²) in [5.74, 6) is -0.262. The molecule has 178 valence electrons. The normalized spacial score (nSPS) is 22.6. The monoisotopic (exact) mass is 550 g/mol. The third kappa shape index (κ3) is 4.87. The van der Waals surface area contributed by atoms with Gasteiger partial charge in [-0.15, -0.1) is 0 Å². The molecule has 1 N–H and O–H groups in total. The summed E-state index contributed by atoms with van der Waals surface area (Å²) >= 11 is 3.34. The summed E-state index contributed by atoms with van der Waals surface area (Å²) in [5.41, 5.74) is 0. The fraction of sp³-hybridized carbons (Fsp3) is 0.526. The number of halogens is 1. The number of ether oxygens (including phenoxy) is 1. The van der Waals surface area contributed by atoms with Gasteiger partial charge in [0, 0.05) is 43.3 Å². The van der Waals surface area contributed by atoms with Crippen molar-refractivity contribution in [1.82, 2.24) is 18.2 Å². The fourth-order valence-electron chi connectivity index (χ4n) is 3.45. The number of imidazole rings is 1. The minimum absolute atomic E-state index is 0.0204. The van der Waals surface area contributed by atoms with Crippen molar-refractivity contribution in [3.05, 3.63) is 35.2 Å². The van der Waals surface area contributed by atoms with Crippen LogP contribution < -0.4 is 4.74 Å². The first kappa shape index (κ1) is 25.1. The van der Waals surface area contributed by atoms with Gasteiger partial charge in [-0.05, 0) is 25.1 Å². The molecular formula is C19H27BrN4O6S2. The molecule has 0 amide bonds. The van der Waals surface area contributed by atoms with Crippen LogP contribution in [0.2, 0.25) is 0 Å². The third-order valence-corrected chi connectivity index (χ3v) is 9.64. The lowest BCUT2D eigenvalue weighted by Gasteiger charge is -2.37. The highest BCUT2D eigenvalue weighted by molar-refractivity contribution is 9.10. The van der Waals surface area contributed by atoms with Crippen molar-refractivity contribution < 1.29 is 26.7 Å². The quantitative estimate of drug-likeness (QED) is 0.574. The summed E-state index contributed by atoms with van der Waals surface area (Å²) in [4.78, 5) is 3.90. The maximum atomic E-state index is 13.3. The first-order valence-corrected chi connectivity index (χ1v) is 13.6. The molecule has 3 atom stereocenters. The number of hydrogen-bond acceptors (Lipinski definition) is 7. The van der Waals surface area contributed by atoms with E-state index in [-0.39, 0.29) is 41.3 Å². The van der Waals surface area contributed by atoms with Gasteiger partial charge in [-0.3, -0.25) is 0 Å². The maximum absolute atomic E-state index is 13.3. The number of benzene rings is 1. The minimum atomic E-state index is -3.94. The van der Waals surface area contributed by atoms with Gasteiger partial charge in [0.2, 0.25) is 10.0 Å². The molecule has 0 radical (unpaired) electrons. The highest BCUT2D eigenvalue weighted by atomic mass is 79.9. The van der Waals surface area contributed by atoms with Crippen molar-refractivity contribution in [1.29, 1.82) is 0 Å². The average Bonchev–Trinajstić information content (AvgIpc) is 3.16. The van der Waals surface area contributed by atoms with E-state index in [1.807, 2.05) is 0 Å². The van der Waals surface area contributed by atoms with Crippen LogP contribution in [0.3, 0.4) is 0 Å². The lowest BCUT2D eigenvalue weighted by atomic mass is 10.0. The molecular weight excluding hydrogens is 524 g/mol. The number of sulfonamides is 2. The van der Waals surface area contributed by atoms with Gasteiger partial charge in [-0.2, -0.15) is 8.61 Å². The zero-order valence-corrected chi connectivity index (χ0v) is 21.4. The van der Waals surface area contributed by atoms with Crippen LogP contribution in [0, 0.1) is 5.92 Å². The average molecular weight is 551 g/mol. The van der Waals surface area contributed by atoms with Crippen LogP contribution in [0.25, 0.3) is 0 Å². The van der Waals surface area contributed by atoms with Crippen molar-refractivity contribution in [2.75, 3.05) is 26.7 Å². The Morgan fingerprint density at radius 2 is 2.09 bits per heavy atom. The Labute approximate surface area is 197 Å². The second-order valence-electron chi connectivity index (χ2n) is 7.99. The summed E-state index contributed by atoms with van der Waals surface area (Å²) in [6.07, 6.45) is 2.16. The number of aliphatic hydroxyl groups excluding tert-OH is 1. The van der Waals surface area contributed by atoms with Crippen molar-refractivity contribution in [2.45, 2.75) is 35.9 Å². The highest BCUT2D eigenvalue weighted by Gasteiger charge is 2.39. The van der Waals surface area contributed by atoms with Gasteiger partial charge in [0.05, 0.1) is 19.5 Å². The predicted molar refractivity (Wildman–Crippen MR) is 121 cm³/mol. The standard InChI is InChI=1S/C19H27BrN4O6S2/c1-13-8-24(14(2)11-25)31(26,27)18-6-5-15(20)7-16(18)30-17(13)9-23(4)32(28,29)19-10-22(3)12-21-19/h5-7,10,12-14,17,25H,8-9,11H2,1-4H3/t13-,14+,17+/m0/s1. The van der Waals surface area contributed by atoms with Gasteiger partial charge in [0.1, 0.15) is 16.7 Å². The number of aryl methyl sites for hydroxylation is 1. The fourth-order valence-corrected chi connectivity index (χ4v) is 6.76. The molecule has 0 fully saturated rings. The topological polar surface area (TPSA) is 122 Å². The van der Waals surface area contributed by atoms with Gasteiger partial charge >= 0.3 is 0 Å². The van der Waals surface area contributed by atoms with E-state index < -0.39 is 32.2 Å². The number of aromatic nitrogens is 2.